The second-order valence-electron chi connectivity index (χ2n) is 6.28. The van der Waals surface area contributed by atoms with Crippen LogP contribution in [0.2, 0.25) is 5.02 Å². The van der Waals surface area contributed by atoms with Crippen LogP contribution in [0.3, 0.4) is 0 Å². The molecule has 4 aromatic rings. The highest BCUT2D eigenvalue weighted by molar-refractivity contribution is 8.00. The fraction of sp³-hybridized carbons (Fsp3) is 0.150. The molecule has 2 aromatic carbocycles. The lowest BCUT2D eigenvalue weighted by molar-refractivity contribution is -0.115. The van der Waals surface area contributed by atoms with E-state index in [1.54, 1.807) is 0 Å². The van der Waals surface area contributed by atoms with E-state index in [0.29, 0.717) is 10.2 Å². The van der Waals surface area contributed by atoms with Crippen molar-refractivity contribution in [3.8, 4) is 0 Å². The van der Waals surface area contributed by atoms with Gasteiger partial charge in [-0.05, 0) is 55.8 Å². The zero-order valence-electron chi connectivity index (χ0n) is 14.8. The molecule has 1 unspecified atom stereocenters. The Hall–Kier alpha value is -2.57. The van der Waals surface area contributed by atoms with E-state index in [4.69, 9.17) is 11.6 Å². The van der Waals surface area contributed by atoms with Gasteiger partial charge in [-0.15, -0.1) is 10.2 Å². The number of benzene rings is 2. The van der Waals surface area contributed by atoms with Crippen LogP contribution in [0.1, 0.15) is 12.5 Å². The first-order chi connectivity index (χ1) is 13.0. The van der Waals surface area contributed by atoms with Crippen LogP contribution in [-0.4, -0.2) is 25.8 Å². The number of thioether (sulfide) groups is 1. The standard InChI is InChI=1S/C20H17ClN4OS/c1-12-10-18-23-24-20(25(18)17-9-8-14(21)11-16(12)17)27-13(2)19(26)22-15-6-4-3-5-7-15/h3-11,13H,1-2H3,(H,22,26). The molecule has 0 bridgehead atoms. The summed E-state index contributed by atoms with van der Waals surface area (Å²) in [6.07, 6.45) is 0. The van der Waals surface area contributed by atoms with Crippen molar-refractivity contribution in [2.75, 3.05) is 5.32 Å². The molecule has 5 nitrogen and oxygen atoms in total. The van der Waals surface area contributed by atoms with Crippen molar-refractivity contribution in [3.63, 3.8) is 0 Å². The van der Waals surface area contributed by atoms with Gasteiger partial charge in [0.05, 0.1) is 10.8 Å². The van der Waals surface area contributed by atoms with E-state index < -0.39 is 0 Å². The number of nitrogens with zero attached hydrogens (tertiary/aromatic N) is 3. The number of carbonyl (C=O) groups excluding carboxylic acids is 1. The Bertz CT molecular complexity index is 1140. The van der Waals surface area contributed by atoms with Gasteiger partial charge in [0, 0.05) is 16.1 Å². The number of hydrogen-bond acceptors (Lipinski definition) is 4. The Kier molecular flexibility index (Phi) is 4.76. The monoisotopic (exact) mass is 396 g/mol. The van der Waals surface area contributed by atoms with Crippen LogP contribution in [-0.2, 0) is 4.79 Å². The maximum atomic E-state index is 12.5. The van der Waals surface area contributed by atoms with Gasteiger partial charge in [-0.2, -0.15) is 0 Å². The lowest BCUT2D eigenvalue weighted by Crippen LogP contribution is -2.22. The third-order valence-corrected chi connectivity index (χ3v) is 5.60. The van der Waals surface area contributed by atoms with Crippen molar-refractivity contribution in [1.29, 1.82) is 0 Å². The molecule has 0 spiro atoms. The van der Waals surface area contributed by atoms with Gasteiger partial charge in [-0.1, -0.05) is 41.6 Å². The number of rotatable bonds is 4. The van der Waals surface area contributed by atoms with Crippen molar-refractivity contribution in [2.45, 2.75) is 24.3 Å². The van der Waals surface area contributed by atoms with E-state index in [0.717, 1.165) is 27.8 Å². The largest absolute Gasteiger partial charge is 0.325 e. The molecule has 1 N–H and O–H groups in total. The van der Waals surface area contributed by atoms with Crippen LogP contribution < -0.4 is 5.32 Å². The molecular formula is C20H17ClN4OS. The van der Waals surface area contributed by atoms with Gasteiger partial charge in [-0.25, -0.2) is 0 Å². The molecular weight excluding hydrogens is 380 g/mol. The lowest BCUT2D eigenvalue weighted by Gasteiger charge is -2.12. The number of carbonyl (C=O) groups is 1. The van der Waals surface area contributed by atoms with Gasteiger partial charge < -0.3 is 5.32 Å². The zero-order chi connectivity index (χ0) is 19.0. The Balaban J connectivity index is 1.67. The second-order valence-corrected chi connectivity index (χ2v) is 8.02. The first-order valence-corrected chi connectivity index (χ1v) is 9.75. The number of hydrogen-bond donors (Lipinski definition) is 1. The molecule has 136 valence electrons. The number of fused-ring (bicyclic) bond motifs is 3. The molecule has 0 aliphatic heterocycles. The van der Waals surface area contributed by atoms with E-state index in [1.807, 2.05) is 72.8 Å². The molecule has 0 fully saturated rings. The predicted octanol–water partition coefficient (Wildman–Crippen LogP) is 4.96. The highest BCUT2D eigenvalue weighted by Crippen LogP contribution is 2.29. The van der Waals surface area contributed by atoms with Crippen molar-refractivity contribution in [1.82, 2.24) is 14.6 Å². The van der Waals surface area contributed by atoms with Crippen LogP contribution >= 0.6 is 23.4 Å². The first-order valence-electron chi connectivity index (χ1n) is 8.49. The minimum absolute atomic E-state index is 0.0811. The maximum absolute atomic E-state index is 12.5. The molecule has 0 aliphatic carbocycles. The average Bonchev–Trinajstić information content (AvgIpc) is 3.05. The summed E-state index contributed by atoms with van der Waals surface area (Å²) in [7, 11) is 0. The zero-order valence-corrected chi connectivity index (χ0v) is 16.4. The molecule has 27 heavy (non-hydrogen) atoms. The molecule has 0 saturated carbocycles. The molecule has 2 aromatic heterocycles. The minimum atomic E-state index is -0.332. The van der Waals surface area contributed by atoms with E-state index in [1.165, 1.54) is 11.8 Å². The summed E-state index contributed by atoms with van der Waals surface area (Å²) in [5.74, 6) is -0.0811. The summed E-state index contributed by atoms with van der Waals surface area (Å²) in [5.41, 5.74) is 3.58. The fourth-order valence-corrected chi connectivity index (χ4v) is 3.98. The minimum Gasteiger partial charge on any atom is -0.325 e. The molecule has 7 heteroatoms. The predicted molar refractivity (Wildman–Crippen MR) is 111 cm³/mol. The molecule has 4 rings (SSSR count). The number of anilines is 1. The summed E-state index contributed by atoms with van der Waals surface area (Å²) < 4.78 is 1.97. The number of aryl methyl sites for hydroxylation is 1. The lowest BCUT2D eigenvalue weighted by atomic mass is 10.1. The molecule has 2 heterocycles. The van der Waals surface area contributed by atoms with E-state index >= 15 is 0 Å². The van der Waals surface area contributed by atoms with Crippen LogP contribution in [0, 0.1) is 6.92 Å². The summed E-state index contributed by atoms with van der Waals surface area (Å²) >= 11 is 7.54. The number of halogens is 1. The van der Waals surface area contributed by atoms with Crippen LogP contribution in [0.25, 0.3) is 16.6 Å². The van der Waals surface area contributed by atoms with E-state index in [2.05, 4.69) is 15.5 Å². The number of amides is 1. The molecule has 0 radical (unpaired) electrons. The van der Waals surface area contributed by atoms with Gasteiger partial charge in [0.15, 0.2) is 10.8 Å². The Morgan fingerprint density at radius 3 is 2.70 bits per heavy atom. The summed E-state index contributed by atoms with van der Waals surface area (Å²) in [6.45, 7) is 3.88. The smallest absolute Gasteiger partial charge is 0.237 e. The number of nitrogens with one attached hydrogen (secondary N) is 1. The third-order valence-electron chi connectivity index (χ3n) is 4.32. The van der Waals surface area contributed by atoms with Crippen molar-refractivity contribution < 1.29 is 4.79 Å². The Morgan fingerprint density at radius 1 is 1.15 bits per heavy atom. The Labute approximate surface area is 165 Å². The van der Waals surface area contributed by atoms with Crippen molar-refractivity contribution >= 4 is 51.5 Å². The normalized spacial score (nSPS) is 12.4. The van der Waals surface area contributed by atoms with Crippen molar-refractivity contribution in [3.05, 3.63) is 65.2 Å². The summed E-state index contributed by atoms with van der Waals surface area (Å²) in [4.78, 5) is 12.5. The number of aromatic nitrogens is 3. The average molecular weight is 397 g/mol. The van der Waals surface area contributed by atoms with E-state index in [-0.39, 0.29) is 11.2 Å². The highest BCUT2D eigenvalue weighted by atomic mass is 35.5. The summed E-state index contributed by atoms with van der Waals surface area (Å²) in [6, 6.07) is 17.1. The quantitative estimate of drug-likeness (QED) is 0.495. The first kappa shape index (κ1) is 17.8. The van der Waals surface area contributed by atoms with Gasteiger partial charge in [-0.3, -0.25) is 9.20 Å². The van der Waals surface area contributed by atoms with E-state index in [9.17, 15) is 4.79 Å². The topological polar surface area (TPSA) is 59.3 Å². The van der Waals surface area contributed by atoms with Gasteiger partial charge >= 0.3 is 0 Å². The molecule has 0 aliphatic rings. The van der Waals surface area contributed by atoms with Crippen molar-refractivity contribution in [2.24, 2.45) is 0 Å². The molecule has 1 atom stereocenters. The van der Waals surface area contributed by atoms with Gasteiger partial charge in [0.2, 0.25) is 5.91 Å². The van der Waals surface area contributed by atoms with Crippen LogP contribution in [0.15, 0.2) is 59.8 Å². The third kappa shape index (κ3) is 3.50. The fourth-order valence-electron chi connectivity index (χ4n) is 2.95. The summed E-state index contributed by atoms with van der Waals surface area (Å²) in [5, 5.41) is 13.6. The molecule has 0 saturated heterocycles. The van der Waals surface area contributed by atoms with Crippen LogP contribution in [0.4, 0.5) is 5.69 Å². The molecule has 1 amide bonds. The highest BCUT2D eigenvalue weighted by Gasteiger charge is 2.19. The number of pyridine rings is 1. The maximum Gasteiger partial charge on any atom is 0.237 e. The van der Waals surface area contributed by atoms with Gasteiger partial charge in [0.25, 0.3) is 0 Å². The second kappa shape index (κ2) is 7.21. The van der Waals surface area contributed by atoms with Crippen LogP contribution in [0.5, 0.6) is 0 Å². The SMILES string of the molecule is Cc1cc2nnc(SC(C)C(=O)Nc3ccccc3)n2c2ccc(Cl)cc12. The van der Waals surface area contributed by atoms with Gasteiger partial charge in [0.1, 0.15) is 0 Å². The number of para-hydroxylation sites is 1. The Morgan fingerprint density at radius 2 is 1.93 bits per heavy atom.